The fourth-order valence-corrected chi connectivity index (χ4v) is 3.92. The van der Waals surface area contributed by atoms with Gasteiger partial charge in [-0.2, -0.15) is 0 Å². The number of rotatable bonds is 3. The van der Waals surface area contributed by atoms with Crippen LogP contribution in [-0.4, -0.2) is 64.2 Å². The third-order valence-corrected chi connectivity index (χ3v) is 5.60. The minimum atomic E-state index is -3.26. The van der Waals surface area contributed by atoms with Crippen molar-refractivity contribution in [2.24, 2.45) is 0 Å². The quantitative estimate of drug-likeness (QED) is 0.844. The molecular weight excluding hydrogens is 350 g/mol. The van der Waals surface area contributed by atoms with Gasteiger partial charge in [0.05, 0.1) is 11.4 Å². The van der Waals surface area contributed by atoms with Gasteiger partial charge < -0.3 is 10.2 Å². The van der Waals surface area contributed by atoms with Gasteiger partial charge in [-0.25, -0.2) is 8.42 Å². The molecule has 1 amide bonds. The Morgan fingerprint density at radius 3 is 2.75 bits per heavy atom. The summed E-state index contributed by atoms with van der Waals surface area (Å²) in [5.41, 5.74) is 1.79. The highest BCUT2D eigenvalue weighted by Crippen LogP contribution is 2.30. The summed E-state index contributed by atoms with van der Waals surface area (Å²) >= 11 is 0. The van der Waals surface area contributed by atoms with Crippen LogP contribution in [0.25, 0.3) is 0 Å². The second kappa shape index (κ2) is 7.39. The van der Waals surface area contributed by atoms with Gasteiger partial charge >= 0.3 is 0 Å². The van der Waals surface area contributed by atoms with Crippen molar-refractivity contribution in [3.8, 4) is 0 Å². The summed E-state index contributed by atoms with van der Waals surface area (Å²) in [7, 11) is -3.26. The molecule has 2 aliphatic rings. The summed E-state index contributed by atoms with van der Waals surface area (Å²) < 4.78 is 23.5. The van der Waals surface area contributed by atoms with Gasteiger partial charge in [-0.05, 0) is 31.0 Å². The van der Waals surface area contributed by atoms with Gasteiger partial charge in [-0.3, -0.25) is 9.69 Å². The third kappa shape index (κ3) is 4.08. The van der Waals surface area contributed by atoms with Gasteiger partial charge in [0, 0.05) is 44.2 Å². The summed E-state index contributed by atoms with van der Waals surface area (Å²) in [5, 5.41) is 3.36. The number of fused-ring (bicyclic) bond motifs is 1. The van der Waals surface area contributed by atoms with Crippen molar-refractivity contribution >= 4 is 33.8 Å². The Bertz CT molecular complexity index is 723. The van der Waals surface area contributed by atoms with Gasteiger partial charge in [0.1, 0.15) is 0 Å². The van der Waals surface area contributed by atoms with Crippen molar-refractivity contribution in [2.75, 3.05) is 43.9 Å². The lowest BCUT2D eigenvalue weighted by atomic mass is 10.2. The zero-order chi connectivity index (χ0) is 16.6. The van der Waals surface area contributed by atoms with Crippen molar-refractivity contribution in [3.63, 3.8) is 0 Å². The molecule has 1 saturated heterocycles. The van der Waals surface area contributed by atoms with Gasteiger partial charge in [0.25, 0.3) is 0 Å². The molecule has 8 heteroatoms. The Morgan fingerprint density at radius 2 is 2.08 bits per heavy atom. The number of benzene rings is 1. The maximum absolute atomic E-state index is 12.7. The first-order valence-corrected chi connectivity index (χ1v) is 9.83. The van der Waals surface area contributed by atoms with Gasteiger partial charge in [-0.1, -0.05) is 6.07 Å². The number of nitrogens with one attached hydrogen (secondary N) is 1. The van der Waals surface area contributed by atoms with E-state index in [1.807, 2.05) is 6.07 Å². The Morgan fingerprint density at radius 1 is 1.33 bits per heavy atom. The number of sulfone groups is 1. The Balaban J connectivity index is 0.00000208. The number of hydrogen-bond acceptors (Lipinski definition) is 5. The number of anilines is 1. The number of amides is 1. The molecule has 1 aromatic carbocycles. The minimum absolute atomic E-state index is 0. The smallest absolute Gasteiger partial charge is 0.241 e. The number of carbonyl (C=O) groups excluding carboxylic acids is 1. The van der Waals surface area contributed by atoms with E-state index in [0.717, 1.165) is 37.3 Å². The van der Waals surface area contributed by atoms with Gasteiger partial charge in [0.2, 0.25) is 5.91 Å². The normalized spacial score (nSPS) is 21.2. The van der Waals surface area contributed by atoms with Crippen LogP contribution in [0.2, 0.25) is 0 Å². The molecule has 1 atom stereocenters. The van der Waals surface area contributed by atoms with E-state index in [0.29, 0.717) is 19.1 Å². The second-order valence-corrected chi connectivity index (χ2v) is 8.46. The molecule has 6 nitrogen and oxygen atoms in total. The van der Waals surface area contributed by atoms with Crippen LogP contribution in [0.5, 0.6) is 0 Å². The molecule has 1 N–H and O–H groups in total. The van der Waals surface area contributed by atoms with Crippen LogP contribution in [0, 0.1) is 0 Å². The number of carbonyl (C=O) groups is 1. The molecule has 0 unspecified atom stereocenters. The summed E-state index contributed by atoms with van der Waals surface area (Å²) in [4.78, 5) is 16.8. The topological polar surface area (TPSA) is 69.7 Å². The summed E-state index contributed by atoms with van der Waals surface area (Å²) in [6.45, 7) is 5.73. The van der Waals surface area contributed by atoms with Crippen molar-refractivity contribution in [3.05, 3.63) is 23.8 Å². The monoisotopic (exact) mass is 373 g/mol. The Labute approximate surface area is 149 Å². The largest absolute Gasteiger partial charge is 0.312 e. The van der Waals surface area contributed by atoms with E-state index in [-0.39, 0.29) is 23.2 Å². The SMILES string of the molecule is C[C@@H]1CN(CC(=O)N2CCc3ccc(S(C)(=O)=O)cc32)CCN1.Cl. The number of hydrogen-bond donors (Lipinski definition) is 1. The summed E-state index contributed by atoms with van der Waals surface area (Å²) in [6.07, 6.45) is 1.97. The average Bonchev–Trinajstić information content (AvgIpc) is 2.89. The maximum Gasteiger partial charge on any atom is 0.241 e. The molecule has 0 aromatic heterocycles. The lowest BCUT2D eigenvalue weighted by Crippen LogP contribution is -2.52. The van der Waals surface area contributed by atoms with Crippen molar-refractivity contribution < 1.29 is 13.2 Å². The van der Waals surface area contributed by atoms with Crippen LogP contribution in [-0.2, 0) is 21.1 Å². The molecule has 0 radical (unpaired) electrons. The molecule has 0 aliphatic carbocycles. The van der Waals surface area contributed by atoms with E-state index in [9.17, 15) is 13.2 Å². The third-order valence-electron chi connectivity index (χ3n) is 4.49. The Hall–Kier alpha value is -1.15. The zero-order valence-corrected chi connectivity index (χ0v) is 15.6. The minimum Gasteiger partial charge on any atom is -0.312 e. The molecule has 0 saturated carbocycles. The lowest BCUT2D eigenvalue weighted by Gasteiger charge is -2.32. The van der Waals surface area contributed by atoms with Crippen LogP contribution in [0.15, 0.2) is 23.1 Å². The van der Waals surface area contributed by atoms with E-state index >= 15 is 0 Å². The van der Waals surface area contributed by atoms with Crippen molar-refractivity contribution in [1.29, 1.82) is 0 Å². The molecule has 2 heterocycles. The highest BCUT2D eigenvalue weighted by Gasteiger charge is 2.28. The molecule has 2 aliphatic heterocycles. The van der Waals surface area contributed by atoms with E-state index in [1.165, 1.54) is 6.26 Å². The molecular formula is C16H24ClN3O3S. The fraction of sp³-hybridized carbons (Fsp3) is 0.562. The first-order chi connectivity index (χ1) is 10.8. The molecule has 1 aromatic rings. The first kappa shape index (κ1) is 19.2. The standard InChI is InChI=1S/C16H23N3O3S.ClH/c1-12-10-18(8-6-17-12)11-16(20)19-7-5-13-3-4-14(9-15(13)19)23(2,21)22;/h3-4,9,12,17H,5-8,10-11H2,1-2H3;1H/t12-;/m1./s1. The fourth-order valence-electron chi connectivity index (χ4n) is 3.28. The number of nitrogens with zero attached hydrogens (tertiary/aromatic N) is 2. The number of halogens is 1. The van der Waals surface area contributed by atoms with E-state index < -0.39 is 9.84 Å². The van der Waals surface area contributed by atoms with Gasteiger partial charge in [-0.15, -0.1) is 12.4 Å². The van der Waals surface area contributed by atoms with E-state index in [2.05, 4.69) is 17.1 Å². The lowest BCUT2D eigenvalue weighted by molar-refractivity contribution is -0.119. The van der Waals surface area contributed by atoms with Crippen LogP contribution in [0.3, 0.4) is 0 Å². The summed E-state index contributed by atoms with van der Waals surface area (Å²) in [5.74, 6) is 0.0449. The molecule has 134 valence electrons. The van der Waals surface area contributed by atoms with Gasteiger partial charge in [0.15, 0.2) is 9.84 Å². The average molecular weight is 374 g/mol. The van der Waals surface area contributed by atoms with E-state index in [4.69, 9.17) is 0 Å². The maximum atomic E-state index is 12.7. The molecule has 0 bridgehead atoms. The predicted molar refractivity (Wildman–Crippen MR) is 96.8 cm³/mol. The van der Waals surface area contributed by atoms with Crippen LogP contribution >= 0.6 is 12.4 Å². The zero-order valence-electron chi connectivity index (χ0n) is 14.0. The second-order valence-electron chi connectivity index (χ2n) is 6.45. The first-order valence-electron chi connectivity index (χ1n) is 7.93. The highest BCUT2D eigenvalue weighted by atomic mass is 35.5. The number of piperazine rings is 1. The van der Waals surface area contributed by atoms with Crippen LogP contribution in [0.1, 0.15) is 12.5 Å². The van der Waals surface area contributed by atoms with Crippen LogP contribution < -0.4 is 10.2 Å². The summed E-state index contributed by atoms with van der Waals surface area (Å²) in [6, 6.07) is 5.47. The highest BCUT2D eigenvalue weighted by molar-refractivity contribution is 7.90. The molecule has 0 spiro atoms. The molecule has 24 heavy (non-hydrogen) atoms. The molecule has 1 fully saturated rings. The predicted octanol–water partition coefficient (Wildman–Crippen LogP) is 0.695. The van der Waals surface area contributed by atoms with Crippen LogP contribution in [0.4, 0.5) is 5.69 Å². The van der Waals surface area contributed by atoms with Crippen molar-refractivity contribution in [1.82, 2.24) is 10.2 Å². The van der Waals surface area contributed by atoms with E-state index in [1.54, 1.807) is 17.0 Å². The molecule has 3 rings (SSSR count). The Kier molecular flexibility index (Phi) is 5.91. The van der Waals surface area contributed by atoms with Crippen molar-refractivity contribution in [2.45, 2.75) is 24.3 Å².